The minimum Gasteiger partial charge on any atom is -0.352 e. The van der Waals surface area contributed by atoms with Crippen LogP contribution in [0.5, 0.6) is 0 Å². The van der Waals surface area contributed by atoms with E-state index in [1.165, 1.54) is 0 Å². The molecule has 0 aliphatic heterocycles. The Morgan fingerprint density at radius 3 is 2.65 bits per heavy atom. The summed E-state index contributed by atoms with van der Waals surface area (Å²) in [6.45, 7) is 7.45. The number of carbonyl (C=O) groups is 1. The van der Waals surface area contributed by atoms with Crippen LogP contribution in [0.1, 0.15) is 28.7 Å². The normalized spacial score (nSPS) is 12.2. The fraction of sp³-hybridized carbons (Fsp3) is 0.316. The van der Waals surface area contributed by atoms with Crippen LogP contribution in [0, 0.1) is 19.8 Å². The van der Waals surface area contributed by atoms with E-state index in [1.807, 2.05) is 30.7 Å². The number of benzene rings is 1. The molecule has 3 aromatic rings. The summed E-state index contributed by atoms with van der Waals surface area (Å²) in [6, 6.07) is 9.34. The Balaban J connectivity index is 1.56. The Kier molecular flexibility index (Phi) is 5.42. The summed E-state index contributed by atoms with van der Waals surface area (Å²) >= 11 is 5.89. The van der Waals surface area contributed by atoms with Crippen LogP contribution in [0.15, 0.2) is 42.7 Å². The van der Waals surface area contributed by atoms with Crippen molar-refractivity contribution in [2.45, 2.75) is 27.3 Å². The second-order valence-corrected chi connectivity index (χ2v) is 7.01. The Labute approximate surface area is 157 Å². The average molecular weight is 372 g/mol. The third-order valence-electron chi connectivity index (χ3n) is 4.13. The number of rotatable bonds is 6. The molecule has 1 aromatic carbocycles. The molecule has 2 aromatic heterocycles. The number of nitrogens with zero attached hydrogens (tertiary/aromatic N) is 4. The number of aryl methyl sites for hydroxylation is 2. The van der Waals surface area contributed by atoms with Gasteiger partial charge in [-0.05, 0) is 50.1 Å². The first-order chi connectivity index (χ1) is 12.4. The van der Waals surface area contributed by atoms with E-state index < -0.39 is 0 Å². The summed E-state index contributed by atoms with van der Waals surface area (Å²) < 4.78 is 3.63. The van der Waals surface area contributed by atoms with Gasteiger partial charge in [0.15, 0.2) is 0 Å². The van der Waals surface area contributed by atoms with Crippen LogP contribution < -0.4 is 5.32 Å². The monoisotopic (exact) mass is 371 g/mol. The predicted octanol–water partition coefficient (Wildman–Crippen LogP) is 3.41. The second kappa shape index (κ2) is 7.74. The van der Waals surface area contributed by atoms with Crippen LogP contribution in [0.4, 0.5) is 0 Å². The molecule has 26 heavy (non-hydrogen) atoms. The molecule has 1 unspecified atom stereocenters. The van der Waals surface area contributed by atoms with Gasteiger partial charge in [-0.15, -0.1) is 0 Å². The SMILES string of the molecule is Cc1cc(C)n(CC(C)CNC(=O)c2cnn(-c3ccc(Cl)cc3)c2)n1. The highest BCUT2D eigenvalue weighted by atomic mass is 35.5. The first kappa shape index (κ1) is 18.2. The van der Waals surface area contributed by atoms with Crippen molar-refractivity contribution < 1.29 is 4.79 Å². The number of carbonyl (C=O) groups excluding carboxylic acids is 1. The largest absolute Gasteiger partial charge is 0.352 e. The van der Waals surface area contributed by atoms with Gasteiger partial charge in [-0.1, -0.05) is 18.5 Å². The lowest BCUT2D eigenvalue weighted by Crippen LogP contribution is -2.30. The van der Waals surface area contributed by atoms with Crippen molar-refractivity contribution in [3.05, 3.63) is 64.7 Å². The van der Waals surface area contributed by atoms with Gasteiger partial charge in [0.2, 0.25) is 0 Å². The number of amides is 1. The zero-order valence-electron chi connectivity index (χ0n) is 15.1. The lowest BCUT2D eigenvalue weighted by molar-refractivity contribution is 0.0946. The van der Waals surface area contributed by atoms with E-state index in [9.17, 15) is 4.79 Å². The predicted molar refractivity (Wildman–Crippen MR) is 102 cm³/mol. The molecule has 0 spiro atoms. The van der Waals surface area contributed by atoms with Crippen LogP contribution in [-0.4, -0.2) is 32.0 Å². The van der Waals surface area contributed by atoms with Crippen LogP contribution in [0.25, 0.3) is 5.69 Å². The van der Waals surface area contributed by atoms with E-state index in [-0.39, 0.29) is 11.8 Å². The molecule has 2 heterocycles. The van der Waals surface area contributed by atoms with E-state index >= 15 is 0 Å². The zero-order chi connectivity index (χ0) is 18.7. The van der Waals surface area contributed by atoms with Crippen LogP contribution in [0.3, 0.4) is 0 Å². The van der Waals surface area contributed by atoms with E-state index in [4.69, 9.17) is 11.6 Å². The highest BCUT2D eigenvalue weighted by molar-refractivity contribution is 6.30. The summed E-state index contributed by atoms with van der Waals surface area (Å²) in [6.07, 6.45) is 3.28. The van der Waals surface area contributed by atoms with E-state index in [0.29, 0.717) is 17.1 Å². The van der Waals surface area contributed by atoms with Gasteiger partial charge in [0, 0.05) is 30.0 Å². The maximum atomic E-state index is 12.4. The van der Waals surface area contributed by atoms with Crippen LogP contribution in [-0.2, 0) is 6.54 Å². The van der Waals surface area contributed by atoms with Crippen LogP contribution >= 0.6 is 11.6 Å². The molecule has 0 aliphatic rings. The maximum Gasteiger partial charge on any atom is 0.254 e. The molecule has 0 aliphatic carbocycles. The van der Waals surface area contributed by atoms with Gasteiger partial charge < -0.3 is 5.32 Å². The third-order valence-corrected chi connectivity index (χ3v) is 4.39. The Morgan fingerprint density at radius 1 is 1.27 bits per heavy atom. The molecule has 1 N–H and O–H groups in total. The standard InChI is InChI=1S/C19H22ClN5O/c1-13(11-24-15(3)8-14(2)23-24)9-21-19(26)16-10-22-25(12-16)18-6-4-17(20)5-7-18/h4-8,10,12-13H,9,11H2,1-3H3,(H,21,26). The van der Waals surface area contributed by atoms with Crippen LogP contribution in [0.2, 0.25) is 5.02 Å². The van der Waals surface area contributed by atoms with Gasteiger partial charge in [0.25, 0.3) is 5.91 Å². The van der Waals surface area contributed by atoms with Gasteiger partial charge in [-0.2, -0.15) is 10.2 Å². The van der Waals surface area contributed by atoms with Crippen molar-refractivity contribution >= 4 is 17.5 Å². The molecule has 6 nitrogen and oxygen atoms in total. The molecule has 0 fully saturated rings. The van der Waals surface area contributed by atoms with Crippen molar-refractivity contribution in [2.24, 2.45) is 5.92 Å². The molecule has 0 bridgehead atoms. The summed E-state index contributed by atoms with van der Waals surface area (Å²) in [5, 5.41) is 12.3. The highest BCUT2D eigenvalue weighted by Gasteiger charge is 2.12. The lowest BCUT2D eigenvalue weighted by atomic mass is 10.1. The molecule has 3 rings (SSSR count). The topological polar surface area (TPSA) is 64.7 Å². The quantitative estimate of drug-likeness (QED) is 0.722. The Bertz CT molecular complexity index is 897. The number of aromatic nitrogens is 4. The average Bonchev–Trinajstić information content (AvgIpc) is 3.20. The maximum absolute atomic E-state index is 12.4. The molecule has 0 radical (unpaired) electrons. The van der Waals surface area contributed by atoms with Gasteiger partial charge in [0.1, 0.15) is 0 Å². The van der Waals surface area contributed by atoms with E-state index in [0.717, 1.165) is 23.6 Å². The molecule has 136 valence electrons. The van der Waals surface area contributed by atoms with Crippen molar-refractivity contribution in [2.75, 3.05) is 6.54 Å². The van der Waals surface area contributed by atoms with Gasteiger partial charge in [0.05, 0.1) is 23.1 Å². The number of hydrogen-bond acceptors (Lipinski definition) is 3. The van der Waals surface area contributed by atoms with Crippen molar-refractivity contribution in [1.29, 1.82) is 0 Å². The lowest BCUT2D eigenvalue weighted by Gasteiger charge is -2.13. The van der Waals surface area contributed by atoms with Gasteiger partial charge in [-0.3, -0.25) is 9.48 Å². The molecular weight excluding hydrogens is 350 g/mol. The highest BCUT2D eigenvalue weighted by Crippen LogP contribution is 2.13. The van der Waals surface area contributed by atoms with Gasteiger partial charge >= 0.3 is 0 Å². The molecule has 1 atom stereocenters. The fourth-order valence-corrected chi connectivity index (χ4v) is 2.89. The Morgan fingerprint density at radius 2 is 2.00 bits per heavy atom. The number of nitrogens with one attached hydrogen (secondary N) is 1. The minimum absolute atomic E-state index is 0.134. The first-order valence-electron chi connectivity index (χ1n) is 8.52. The summed E-state index contributed by atoms with van der Waals surface area (Å²) in [7, 11) is 0. The van der Waals surface area contributed by atoms with Crippen molar-refractivity contribution in [3.8, 4) is 5.69 Å². The Hall–Kier alpha value is -2.60. The summed E-state index contributed by atoms with van der Waals surface area (Å²) in [4.78, 5) is 12.4. The zero-order valence-corrected chi connectivity index (χ0v) is 15.9. The summed E-state index contributed by atoms with van der Waals surface area (Å²) in [5.41, 5.74) is 3.52. The molecule has 7 heteroatoms. The van der Waals surface area contributed by atoms with E-state index in [1.54, 1.807) is 29.2 Å². The minimum atomic E-state index is -0.134. The summed E-state index contributed by atoms with van der Waals surface area (Å²) in [5.74, 6) is 0.133. The number of hydrogen-bond donors (Lipinski definition) is 1. The third kappa shape index (κ3) is 4.32. The smallest absolute Gasteiger partial charge is 0.254 e. The van der Waals surface area contributed by atoms with E-state index in [2.05, 4.69) is 28.5 Å². The van der Waals surface area contributed by atoms with Gasteiger partial charge in [-0.25, -0.2) is 4.68 Å². The molecule has 0 saturated carbocycles. The van der Waals surface area contributed by atoms with Crippen molar-refractivity contribution in [1.82, 2.24) is 24.9 Å². The molecule has 0 saturated heterocycles. The molecule has 1 amide bonds. The second-order valence-electron chi connectivity index (χ2n) is 6.57. The van der Waals surface area contributed by atoms with Crippen molar-refractivity contribution in [3.63, 3.8) is 0 Å². The molecular formula is C19H22ClN5O. The fourth-order valence-electron chi connectivity index (χ4n) is 2.76. The first-order valence-corrected chi connectivity index (χ1v) is 8.90. The number of halogens is 1.